The molecule has 1 N–H and O–H groups in total. The molecular formula is C21H27BrN2O3. The van der Waals surface area contributed by atoms with Crippen molar-refractivity contribution < 1.29 is 14.2 Å². The van der Waals surface area contributed by atoms with Crippen molar-refractivity contribution in [3.05, 3.63) is 52.0 Å². The lowest BCUT2D eigenvalue weighted by Gasteiger charge is -2.32. The molecule has 1 aliphatic heterocycles. The van der Waals surface area contributed by atoms with Crippen LogP contribution in [0.2, 0.25) is 0 Å². The Labute approximate surface area is 169 Å². The molecule has 0 bridgehead atoms. The molecule has 146 valence electrons. The van der Waals surface area contributed by atoms with Crippen LogP contribution in [0.1, 0.15) is 23.6 Å². The Bertz CT molecular complexity index is 761. The predicted molar refractivity (Wildman–Crippen MR) is 111 cm³/mol. The highest BCUT2D eigenvalue weighted by Crippen LogP contribution is 2.42. The van der Waals surface area contributed by atoms with Gasteiger partial charge in [0.15, 0.2) is 11.5 Å². The molecule has 2 aromatic rings. The Balaban J connectivity index is 2.14. The molecule has 1 heterocycles. The van der Waals surface area contributed by atoms with E-state index in [1.165, 1.54) is 5.56 Å². The van der Waals surface area contributed by atoms with Crippen molar-refractivity contribution in [3.8, 4) is 17.2 Å². The van der Waals surface area contributed by atoms with Gasteiger partial charge in [0, 0.05) is 35.7 Å². The second kappa shape index (κ2) is 9.44. The van der Waals surface area contributed by atoms with Crippen LogP contribution in [0.5, 0.6) is 17.2 Å². The molecule has 5 nitrogen and oxygen atoms in total. The van der Waals surface area contributed by atoms with Gasteiger partial charge in [0.1, 0.15) is 5.75 Å². The van der Waals surface area contributed by atoms with E-state index >= 15 is 0 Å². The van der Waals surface area contributed by atoms with Crippen LogP contribution in [0.25, 0.3) is 0 Å². The minimum Gasteiger partial charge on any atom is -0.496 e. The summed E-state index contributed by atoms with van der Waals surface area (Å²) in [4.78, 5) is 2.51. The fourth-order valence-corrected chi connectivity index (χ4v) is 4.07. The molecule has 0 radical (unpaired) electrons. The van der Waals surface area contributed by atoms with Gasteiger partial charge in [-0.2, -0.15) is 0 Å². The minimum absolute atomic E-state index is 0.0668. The van der Waals surface area contributed by atoms with Gasteiger partial charge in [-0.15, -0.1) is 0 Å². The molecule has 0 aliphatic carbocycles. The highest BCUT2D eigenvalue weighted by molar-refractivity contribution is 9.10. The van der Waals surface area contributed by atoms with Gasteiger partial charge >= 0.3 is 0 Å². The third-order valence-corrected chi connectivity index (χ3v) is 5.43. The van der Waals surface area contributed by atoms with Crippen LogP contribution in [0.15, 0.2) is 40.9 Å². The van der Waals surface area contributed by atoms with Gasteiger partial charge in [0.25, 0.3) is 0 Å². The number of benzene rings is 2. The van der Waals surface area contributed by atoms with Crippen molar-refractivity contribution >= 4 is 15.9 Å². The number of rotatable bonds is 6. The van der Waals surface area contributed by atoms with Crippen LogP contribution in [0.3, 0.4) is 0 Å². The summed E-state index contributed by atoms with van der Waals surface area (Å²) in [7, 11) is 5.01. The summed E-state index contributed by atoms with van der Waals surface area (Å²) in [6.07, 6.45) is 1.11. The third kappa shape index (κ3) is 4.57. The Morgan fingerprint density at radius 3 is 2.37 bits per heavy atom. The smallest absolute Gasteiger partial charge is 0.164 e. The summed E-state index contributed by atoms with van der Waals surface area (Å²) in [6.45, 7) is 4.00. The van der Waals surface area contributed by atoms with E-state index in [0.29, 0.717) is 11.5 Å². The van der Waals surface area contributed by atoms with E-state index in [0.717, 1.165) is 48.4 Å². The van der Waals surface area contributed by atoms with Crippen LogP contribution in [0, 0.1) is 0 Å². The fraction of sp³-hybridized carbons (Fsp3) is 0.429. The lowest BCUT2D eigenvalue weighted by atomic mass is 9.95. The number of methoxy groups -OCH3 is 3. The van der Waals surface area contributed by atoms with Crippen molar-refractivity contribution in [1.29, 1.82) is 0 Å². The average Bonchev–Trinajstić information content (AvgIpc) is 2.97. The van der Waals surface area contributed by atoms with Gasteiger partial charge in [-0.3, -0.25) is 4.90 Å². The van der Waals surface area contributed by atoms with Gasteiger partial charge in [0.2, 0.25) is 0 Å². The predicted octanol–water partition coefficient (Wildman–Crippen LogP) is 3.86. The highest BCUT2D eigenvalue weighted by Gasteiger charge is 2.28. The monoisotopic (exact) mass is 434 g/mol. The van der Waals surface area contributed by atoms with Crippen LogP contribution in [-0.2, 0) is 0 Å². The molecule has 1 unspecified atom stereocenters. The van der Waals surface area contributed by atoms with Gasteiger partial charge in [-0.05, 0) is 36.7 Å². The lowest BCUT2D eigenvalue weighted by Crippen LogP contribution is -2.33. The van der Waals surface area contributed by atoms with Crippen molar-refractivity contribution in [1.82, 2.24) is 10.2 Å². The summed E-state index contributed by atoms with van der Waals surface area (Å²) in [5.41, 5.74) is 2.30. The van der Waals surface area contributed by atoms with E-state index in [-0.39, 0.29) is 6.04 Å². The van der Waals surface area contributed by atoms with Crippen molar-refractivity contribution in [2.45, 2.75) is 12.5 Å². The van der Waals surface area contributed by atoms with E-state index in [2.05, 4.69) is 50.4 Å². The topological polar surface area (TPSA) is 43.0 Å². The summed E-state index contributed by atoms with van der Waals surface area (Å²) in [6, 6.07) is 12.5. The SMILES string of the molecule is COc1cc(OC)c(C(c2cccc(Br)c2)N2CCCNCC2)cc1OC. The van der Waals surface area contributed by atoms with Crippen LogP contribution < -0.4 is 19.5 Å². The average molecular weight is 435 g/mol. The standard InChI is InChI=1S/C21H27BrN2O3/c1-25-18-14-20(27-3)19(26-2)13-17(18)21(15-6-4-7-16(22)12-15)24-10-5-8-23-9-11-24/h4,6-7,12-14,21,23H,5,8-11H2,1-3H3. The molecule has 1 aliphatic rings. The lowest BCUT2D eigenvalue weighted by molar-refractivity contribution is 0.235. The highest BCUT2D eigenvalue weighted by atomic mass is 79.9. The Morgan fingerprint density at radius 2 is 1.67 bits per heavy atom. The van der Waals surface area contributed by atoms with E-state index in [1.54, 1.807) is 21.3 Å². The number of nitrogens with one attached hydrogen (secondary N) is 1. The zero-order chi connectivity index (χ0) is 19.2. The van der Waals surface area contributed by atoms with Gasteiger partial charge in [0.05, 0.1) is 27.4 Å². The van der Waals surface area contributed by atoms with Crippen molar-refractivity contribution in [2.75, 3.05) is 47.5 Å². The maximum Gasteiger partial charge on any atom is 0.164 e. The maximum atomic E-state index is 5.75. The first kappa shape index (κ1) is 20.0. The first-order valence-corrected chi connectivity index (χ1v) is 9.97. The van der Waals surface area contributed by atoms with Crippen LogP contribution >= 0.6 is 15.9 Å². The molecule has 0 saturated carbocycles. The molecule has 2 aromatic carbocycles. The minimum atomic E-state index is 0.0668. The molecule has 0 amide bonds. The van der Waals surface area contributed by atoms with E-state index in [1.807, 2.05) is 12.1 Å². The molecular weight excluding hydrogens is 408 g/mol. The summed E-state index contributed by atoms with van der Waals surface area (Å²) < 4.78 is 17.9. The molecule has 1 saturated heterocycles. The number of nitrogens with zero attached hydrogens (tertiary/aromatic N) is 1. The Morgan fingerprint density at radius 1 is 0.926 bits per heavy atom. The third-order valence-electron chi connectivity index (χ3n) is 4.93. The van der Waals surface area contributed by atoms with Crippen LogP contribution in [-0.4, -0.2) is 52.4 Å². The largest absolute Gasteiger partial charge is 0.496 e. The first-order valence-electron chi connectivity index (χ1n) is 9.18. The quantitative estimate of drug-likeness (QED) is 0.747. The van der Waals surface area contributed by atoms with E-state index in [4.69, 9.17) is 14.2 Å². The number of halogens is 1. The van der Waals surface area contributed by atoms with Crippen LogP contribution in [0.4, 0.5) is 0 Å². The second-order valence-corrected chi connectivity index (χ2v) is 7.46. The number of hydrogen-bond donors (Lipinski definition) is 1. The zero-order valence-corrected chi connectivity index (χ0v) is 17.7. The van der Waals surface area contributed by atoms with Gasteiger partial charge in [-0.1, -0.05) is 28.1 Å². The maximum absolute atomic E-state index is 5.75. The zero-order valence-electron chi connectivity index (χ0n) is 16.1. The van der Waals surface area contributed by atoms with Crippen molar-refractivity contribution in [3.63, 3.8) is 0 Å². The summed E-state index contributed by atoms with van der Waals surface area (Å²) in [5.74, 6) is 2.18. The molecule has 6 heteroatoms. The number of ether oxygens (including phenoxy) is 3. The Hall–Kier alpha value is -1.76. The van der Waals surface area contributed by atoms with E-state index in [9.17, 15) is 0 Å². The number of hydrogen-bond acceptors (Lipinski definition) is 5. The Kier molecular flexibility index (Phi) is 6.99. The molecule has 27 heavy (non-hydrogen) atoms. The summed E-state index contributed by atoms with van der Waals surface area (Å²) >= 11 is 3.62. The second-order valence-electron chi connectivity index (χ2n) is 6.55. The normalized spacial score (nSPS) is 16.4. The molecule has 1 atom stereocenters. The molecule has 3 rings (SSSR count). The molecule has 0 aromatic heterocycles. The van der Waals surface area contributed by atoms with Gasteiger partial charge in [-0.25, -0.2) is 0 Å². The fourth-order valence-electron chi connectivity index (χ4n) is 3.66. The molecule has 0 spiro atoms. The summed E-state index contributed by atoms with van der Waals surface area (Å²) in [5, 5.41) is 3.49. The van der Waals surface area contributed by atoms with Crippen molar-refractivity contribution in [2.24, 2.45) is 0 Å². The van der Waals surface area contributed by atoms with Gasteiger partial charge < -0.3 is 19.5 Å². The van der Waals surface area contributed by atoms with E-state index < -0.39 is 0 Å². The molecule has 1 fully saturated rings. The first-order chi connectivity index (χ1) is 13.2.